The van der Waals surface area contributed by atoms with Crippen LogP contribution in [-0.4, -0.2) is 49.1 Å². The van der Waals surface area contributed by atoms with Crippen molar-refractivity contribution in [3.8, 4) is 0 Å². The lowest BCUT2D eigenvalue weighted by Gasteiger charge is -2.20. The van der Waals surface area contributed by atoms with Crippen LogP contribution >= 0.6 is 24.8 Å². The maximum atomic E-state index is 5.49. The van der Waals surface area contributed by atoms with E-state index in [2.05, 4.69) is 19.8 Å². The topological polar surface area (TPSA) is 58.3 Å². The summed E-state index contributed by atoms with van der Waals surface area (Å²) in [4.78, 5) is 12.2. The Balaban J connectivity index is 0. The Morgan fingerprint density at radius 2 is 1.81 bits per heavy atom. The molecule has 1 heterocycles. The van der Waals surface area contributed by atoms with Gasteiger partial charge in [-0.2, -0.15) is 4.98 Å². The van der Waals surface area contributed by atoms with Crippen molar-refractivity contribution >= 4 is 36.6 Å². The molecule has 0 bridgehead atoms. The molecule has 0 aromatic carbocycles. The molecule has 7 heteroatoms. The van der Waals surface area contributed by atoms with E-state index in [4.69, 9.17) is 5.73 Å². The number of halogens is 2. The fourth-order valence-electron chi connectivity index (χ4n) is 1.04. The Morgan fingerprint density at radius 1 is 1.19 bits per heavy atom. The van der Waals surface area contributed by atoms with Crippen molar-refractivity contribution in [3.63, 3.8) is 0 Å². The van der Waals surface area contributed by atoms with Crippen LogP contribution in [0.3, 0.4) is 0 Å². The molecule has 2 N–H and O–H groups in total. The first kappa shape index (κ1) is 17.6. The number of aromatic nitrogens is 2. The summed E-state index contributed by atoms with van der Waals surface area (Å²) in [7, 11) is 6.08. The van der Waals surface area contributed by atoms with E-state index in [0.717, 1.165) is 18.9 Å². The lowest BCUT2D eigenvalue weighted by atomic mass is 10.4. The van der Waals surface area contributed by atoms with Crippen LogP contribution in [0.5, 0.6) is 0 Å². The number of hydrogen-bond acceptors (Lipinski definition) is 5. The summed E-state index contributed by atoms with van der Waals surface area (Å²) >= 11 is 0. The molecule has 0 saturated heterocycles. The average molecular weight is 268 g/mol. The summed E-state index contributed by atoms with van der Waals surface area (Å²) in [5.41, 5.74) is 5.49. The molecule has 1 aromatic heterocycles. The maximum absolute atomic E-state index is 5.49. The smallest absolute Gasteiger partial charge is 0.221 e. The van der Waals surface area contributed by atoms with Crippen molar-refractivity contribution < 1.29 is 0 Å². The first-order valence-electron chi connectivity index (χ1n) is 4.54. The number of nitrogens with two attached hydrogens (primary N) is 1. The van der Waals surface area contributed by atoms with E-state index < -0.39 is 0 Å². The Bertz CT molecular complexity index is 295. The van der Waals surface area contributed by atoms with Gasteiger partial charge in [-0.1, -0.05) is 0 Å². The van der Waals surface area contributed by atoms with Crippen LogP contribution < -0.4 is 10.6 Å². The zero-order valence-electron chi connectivity index (χ0n) is 9.75. The molecule has 0 saturated carbocycles. The van der Waals surface area contributed by atoms with Gasteiger partial charge in [0.1, 0.15) is 5.82 Å². The van der Waals surface area contributed by atoms with Crippen molar-refractivity contribution in [1.29, 1.82) is 0 Å². The van der Waals surface area contributed by atoms with Gasteiger partial charge in [0.05, 0.1) is 0 Å². The molecular formula is C9H19Cl2N5. The van der Waals surface area contributed by atoms with E-state index in [-0.39, 0.29) is 24.8 Å². The lowest BCUT2D eigenvalue weighted by molar-refractivity contribution is 0.416. The zero-order chi connectivity index (χ0) is 10.6. The molecule has 0 amide bonds. The van der Waals surface area contributed by atoms with E-state index >= 15 is 0 Å². The normalized spacial score (nSPS) is 9.25. The summed E-state index contributed by atoms with van der Waals surface area (Å²) in [5, 5.41) is 0. The second-order valence-corrected chi connectivity index (χ2v) is 3.50. The van der Waals surface area contributed by atoms with E-state index in [1.54, 1.807) is 6.20 Å². The molecule has 94 valence electrons. The van der Waals surface area contributed by atoms with Gasteiger partial charge in [-0.05, 0) is 20.2 Å². The molecule has 0 aliphatic carbocycles. The number of nitrogens with zero attached hydrogens (tertiary/aromatic N) is 4. The van der Waals surface area contributed by atoms with E-state index in [1.165, 1.54) is 0 Å². The van der Waals surface area contributed by atoms with Gasteiger partial charge >= 0.3 is 0 Å². The van der Waals surface area contributed by atoms with E-state index in [1.807, 2.05) is 27.2 Å². The highest BCUT2D eigenvalue weighted by Gasteiger charge is 2.02. The lowest BCUT2D eigenvalue weighted by Crippen LogP contribution is -2.29. The van der Waals surface area contributed by atoms with Crippen molar-refractivity contribution in [2.24, 2.45) is 0 Å². The van der Waals surface area contributed by atoms with Crippen LogP contribution in [0.15, 0.2) is 12.3 Å². The Morgan fingerprint density at radius 3 is 2.31 bits per heavy atom. The summed E-state index contributed by atoms with van der Waals surface area (Å²) < 4.78 is 0. The molecule has 1 rings (SSSR count). The Hall–Kier alpha value is -0.780. The predicted molar refractivity (Wildman–Crippen MR) is 72.8 cm³/mol. The van der Waals surface area contributed by atoms with Crippen LogP contribution in [-0.2, 0) is 0 Å². The molecule has 0 fully saturated rings. The fraction of sp³-hybridized carbons (Fsp3) is 0.556. The molecular weight excluding hydrogens is 249 g/mol. The fourth-order valence-corrected chi connectivity index (χ4v) is 1.04. The van der Waals surface area contributed by atoms with E-state index in [0.29, 0.717) is 5.95 Å². The second kappa shape index (κ2) is 8.38. The van der Waals surface area contributed by atoms with Gasteiger partial charge in [-0.3, -0.25) is 0 Å². The highest BCUT2D eigenvalue weighted by molar-refractivity contribution is 5.85. The standard InChI is InChI=1S/C9H17N5.2ClH/c1-13(2)6-7-14(3)8-4-5-11-9(10)12-8;;/h4-5H,6-7H2,1-3H3,(H2,10,11,12);2*1H. The van der Waals surface area contributed by atoms with Gasteiger partial charge in [0, 0.05) is 26.3 Å². The molecule has 0 unspecified atom stereocenters. The number of anilines is 2. The maximum Gasteiger partial charge on any atom is 0.221 e. The second-order valence-electron chi connectivity index (χ2n) is 3.50. The molecule has 0 radical (unpaired) electrons. The predicted octanol–water partition coefficient (Wildman–Crippen LogP) is 0.900. The first-order valence-corrected chi connectivity index (χ1v) is 4.54. The third-order valence-electron chi connectivity index (χ3n) is 1.93. The minimum atomic E-state index is 0. The SMILES string of the molecule is CN(C)CCN(C)c1ccnc(N)n1.Cl.Cl. The van der Waals surface area contributed by atoms with Crippen LogP contribution in [0.1, 0.15) is 0 Å². The third-order valence-corrected chi connectivity index (χ3v) is 1.93. The van der Waals surface area contributed by atoms with Gasteiger partial charge in [-0.25, -0.2) is 4.98 Å². The van der Waals surface area contributed by atoms with Crippen LogP contribution in [0.25, 0.3) is 0 Å². The number of likely N-dealkylation sites (N-methyl/N-ethyl adjacent to an activating group) is 2. The van der Waals surface area contributed by atoms with Crippen LogP contribution in [0.2, 0.25) is 0 Å². The monoisotopic (exact) mass is 267 g/mol. The third kappa shape index (κ3) is 5.95. The average Bonchev–Trinajstić information content (AvgIpc) is 2.14. The van der Waals surface area contributed by atoms with Crippen molar-refractivity contribution in [2.45, 2.75) is 0 Å². The molecule has 16 heavy (non-hydrogen) atoms. The van der Waals surface area contributed by atoms with Crippen LogP contribution in [0.4, 0.5) is 11.8 Å². The molecule has 1 aromatic rings. The van der Waals surface area contributed by atoms with Crippen LogP contribution in [0, 0.1) is 0 Å². The Labute approximate surface area is 109 Å². The number of hydrogen-bond donors (Lipinski definition) is 1. The summed E-state index contributed by atoms with van der Waals surface area (Å²) in [6, 6.07) is 1.85. The van der Waals surface area contributed by atoms with Gasteiger partial charge in [0.25, 0.3) is 0 Å². The summed E-state index contributed by atoms with van der Waals surface area (Å²) in [6.45, 7) is 1.91. The van der Waals surface area contributed by atoms with E-state index in [9.17, 15) is 0 Å². The quantitative estimate of drug-likeness (QED) is 0.879. The molecule has 0 atom stereocenters. The Kier molecular flexibility index (Phi) is 9.22. The minimum absolute atomic E-state index is 0. The largest absolute Gasteiger partial charge is 0.368 e. The number of rotatable bonds is 4. The van der Waals surface area contributed by atoms with Gasteiger partial charge in [0.15, 0.2) is 0 Å². The molecule has 0 aliphatic heterocycles. The van der Waals surface area contributed by atoms with Gasteiger partial charge in [0.2, 0.25) is 5.95 Å². The molecule has 0 spiro atoms. The summed E-state index contributed by atoms with van der Waals surface area (Å²) in [5.74, 6) is 1.18. The highest BCUT2D eigenvalue weighted by atomic mass is 35.5. The molecule has 5 nitrogen and oxygen atoms in total. The number of nitrogen functional groups attached to an aromatic ring is 1. The minimum Gasteiger partial charge on any atom is -0.368 e. The molecule has 0 aliphatic rings. The van der Waals surface area contributed by atoms with Crippen molar-refractivity contribution in [1.82, 2.24) is 14.9 Å². The van der Waals surface area contributed by atoms with Crippen molar-refractivity contribution in [2.75, 3.05) is 44.9 Å². The van der Waals surface area contributed by atoms with Crippen molar-refractivity contribution in [3.05, 3.63) is 12.3 Å². The van der Waals surface area contributed by atoms with Gasteiger partial charge < -0.3 is 15.5 Å². The highest BCUT2D eigenvalue weighted by Crippen LogP contribution is 2.07. The van der Waals surface area contributed by atoms with Gasteiger partial charge in [-0.15, -0.1) is 24.8 Å². The summed E-state index contributed by atoms with van der Waals surface area (Å²) in [6.07, 6.45) is 1.67. The zero-order valence-corrected chi connectivity index (χ0v) is 11.4. The first-order chi connectivity index (χ1) is 6.59.